The number of anilines is 1. The van der Waals surface area contributed by atoms with Gasteiger partial charge in [-0.25, -0.2) is 4.98 Å². The van der Waals surface area contributed by atoms with E-state index in [1.165, 1.54) is 5.56 Å². The van der Waals surface area contributed by atoms with Crippen LogP contribution in [0.3, 0.4) is 0 Å². The van der Waals surface area contributed by atoms with E-state index >= 15 is 0 Å². The first kappa shape index (κ1) is 7.55. The van der Waals surface area contributed by atoms with Crippen molar-refractivity contribution in [3.63, 3.8) is 0 Å². The van der Waals surface area contributed by atoms with Gasteiger partial charge in [-0.15, -0.1) is 0 Å². The van der Waals surface area contributed by atoms with E-state index in [-0.39, 0.29) is 0 Å². The van der Waals surface area contributed by atoms with Gasteiger partial charge in [0.15, 0.2) is 0 Å². The highest BCUT2D eigenvalue weighted by Crippen LogP contribution is 2.22. The van der Waals surface area contributed by atoms with Crippen LogP contribution in [-0.4, -0.2) is 17.1 Å². The highest BCUT2D eigenvalue weighted by molar-refractivity contribution is 5.38. The number of hydrogen-bond donors (Lipinski definition) is 2. The minimum Gasteiger partial charge on any atom is -0.366 e. The fraction of sp³-hybridized carbons (Fsp3) is 0.444. The second-order valence-corrected chi connectivity index (χ2v) is 3.37. The van der Waals surface area contributed by atoms with Crippen molar-refractivity contribution in [1.82, 2.24) is 4.98 Å². The van der Waals surface area contributed by atoms with Gasteiger partial charge in [-0.3, -0.25) is 0 Å². The van der Waals surface area contributed by atoms with Gasteiger partial charge in [0.1, 0.15) is 5.82 Å². The summed E-state index contributed by atoms with van der Waals surface area (Å²) in [6, 6.07) is 4.80. The maximum Gasteiger partial charge on any atom is 0.126 e. The van der Waals surface area contributed by atoms with Crippen LogP contribution in [0.4, 0.5) is 5.82 Å². The molecule has 2 unspecified atom stereocenters. The minimum atomic E-state index is 0.327. The molecule has 3 heteroatoms. The molecule has 0 aromatic carbocycles. The number of nitrogens with zero attached hydrogens (tertiary/aromatic N) is 1. The molecule has 2 rings (SSSR count). The zero-order valence-corrected chi connectivity index (χ0v) is 7.12. The van der Waals surface area contributed by atoms with E-state index in [1.807, 2.05) is 25.3 Å². The fourth-order valence-electron chi connectivity index (χ4n) is 1.12. The highest BCUT2D eigenvalue weighted by Gasteiger charge is 2.33. The summed E-state index contributed by atoms with van der Waals surface area (Å²) in [4.78, 5) is 4.23. The Hall–Kier alpha value is -1.09. The summed E-state index contributed by atoms with van der Waals surface area (Å²) >= 11 is 0. The average Bonchev–Trinajstić information content (AvgIpc) is 2.72. The van der Waals surface area contributed by atoms with Crippen LogP contribution in [0.2, 0.25) is 0 Å². The van der Waals surface area contributed by atoms with E-state index in [1.54, 1.807) is 0 Å². The van der Waals surface area contributed by atoms with Crippen molar-refractivity contribution < 1.29 is 0 Å². The van der Waals surface area contributed by atoms with Crippen LogP contribution in [0.25, 0.3) is 0 Å². The Kier molecular flexibility index (Phi) is 1.73. The molecule has 0 bridgehead atoms. The van der Waals surface area contributed by atoms with E-state index in [0.717, 1.165) is 12.2 Å². The van der Waals surface area contributed by atoms with Gasteiger partial charge >= 0.3 is 0 Å². The lowest BCUT2D eigenvalue weighted by Gasteiger charge is -2.02. The van der Waals surface area contributed by atoms with Crippen LogP contribution in [0.5, 0.6) is 0 Å². The number of hydrogen-bond acceptors (Lipinski definition) is 3. The second kappa shape index (κ2) is 2.75. The molecule has 0 radical (unpaired) electrons. The largest absolute Gasteiger partial charge is 0.366 e. The Balaban J connectivity index is 2.00. The van der Waals surface area contributed by atoms with Crippen LogP contribution in [-0.2, 0) is 0 Å². The number of aromatic nitrogens is 1. The number of rotatable bonds is 2. The molecule has 2 atom stereocenters. The highest BCUT2D eigenvalue weighted by atomic mass is 15.1. The summed E-state index contributed by atoms with van der Waals surface area (Å²) in [6.07, 6.45) is 2.92. The Labute approximate surface area is 72.0 Å². The second-order valence-electron chi connectivity index (χ2n) is 3.37. The van der Waals surface area contributed by atoms with Crippen molar-refractivity contribution in [3.05, 3.63) is 23.9 Å². The Bertz CT molecular complexity index is 268. The summed E-state index contributed by atoms with van der Waals surface area (Å²) < 4.78 is 0. The van der Waals surface area contributed by atoms with Crippen molar-refractivity contribution in [3.8, 4) is 0 Å². The predicted molar refractivity (Wildman–Crippen MR) is 49.0 cm³/mol. The molecular formula is C9H13N3. The van der Waals surface area contributed by atoms with Gasteiger partial charge in [-0.05, 0) is 25.0 Å². The van der Waals surface area contributed by atoms with Gasteiger partial charge in [-0.2, -0.15) is 0 Å². The quantitative estimate of drug-likeness (QED) is 0.681. The molecule has 1 fully saturated rings. The van der Waals surface area contributed by atoms with E-state index in [2.05, 4.69) is 10.3 Å². The third-order valence-corrected chi connectivity index (χ3v) is 2.08. The van der Waals surface area contributed by atoms with Crippen molar-refractivity contribution in [2.45, 2.75) is 25.4 Å². The molecule has 3 nitrogen and oxygen atoms in total. The van der Waals surface area contributed by atoms with Crippen molar-refractivity contribution in [2.75, 3.05) is 5.32 Å². The Morgan fingerprint density at radius 1 is 1.58 bits per heavy atom. The SMILES string of the molecule is Cc1ccc(NC2CC2N)nc1. The molecule has 1 heterocycles. The molecule has 0 amide bonds. The Morgan fingerprint density at radius 3 is 2.83 bits per heavy atom. The van der Waals surface area contributed by atoms with Gasteiger partial charge in [0.2, 0.25) is 0 Å². The molecular weight excluding hydrogens is 150 g/mol. The molecule has 0 spiro atoms. The standard InChI is InChI=1S/C9H13N3/c1-6-2-3-9(11-5-6)12-8-4-7(8)10/h2-3,5,7-8H,4,10H2,1H3,(H,11,12). The van der Waals surface area contributed by atoms with E-state index in [4.69, 9.17) is 5.73 Å². The van der Waals surface area contributed by atoms with Crippen molar-refractivity contribution in [1.29, 1.82) is 0 Å². The fourth-order valence-corrected chi connectivity index (χ4v) is 1.12. The summed E-state index contributed by atoms with van der Waals surface area (Å²) in [5.41, 5.74) is 6.84. The van der Waals surface area contributed by atoms with E-state index in [0.29, 0.717) is 12.1 Å². The molecule has 0 saturated heterocycles. The van der Waals surface area contributed by atoms with Gasteiger partial charge in [0.05, 0.1) is 0 Å². The molecule has 1 saturated carbocycles. The van der Waals surface area contributed by atoms with Gasteiger partial charge < -0.3 is 11.1 Å². The third kappa shape index (κ3) is 1.56. The monoisotopic (exact) mass is 163 g/mol. The maximum atomic E-state index is 5.65. The maximum absolute atomic E-state index is 5.65. The molecule has 12 heavy (non-hydrogen) atoms. The van der Waals surface area contributed by atoms with Crippen LogP contribution >= 0.6 is 0 Å². The summed E-state index contributed by atoms with van der Waals surface area (Å²) in [5, 5.41) is 3.26. The minimum absolute atomic E-state index is 0.327. The first-order valence-electron chi connectivity index (χ1n) is 4.20. The normalized spacial score (nSPS) is 26.8. The van der Waals surface area contributed by atoms with Crippen LogP contribution in [0.1, 0.15) is 12.0 Å². The number of aryl methyl sites for hydroxylation is 1. The van der Waals surface area contributed by atoms with Crippen LogP contribution in [0.15, 0.2) is 18.3 Å². The van der Waals surface area contributed by atoms with Crippen molar-refractivity contribution >= 4 is 5.82 Å². The van der Waals surface area contributed by atoms with Gasteiger partial charge in [0.25, 0.3) is 0 Å². The molecule has 1 aliphatic rings. The molecule has 64 valence electrons. The number of pyridine rings is 1. The zero-order valence-electron chi connectivity index (χ0n) is 7.12. The average molecular weight is 163 g/mol. The lowest BCUT2D eigenvalue weighted by molar-refractivity contribution is 0.995. The Morgan fingerprint density at radius 2 is 2.33 bits per heavy atom. The lowest BCUT2D eigenvalue weighted by Crippen LogP contribution is -2.13. The van der Waals surface area contributed by atoms with Crippen LogP contribution < -0.4 is 11.1 Å². The molecule has 1 aliphatic carbocycles. The smallest absolute Gasteiger partial charge is 0.126 e. The van der Waals surface area contributed by atoms with Gasteiger partial charge in [-0.1, -0.05) is 6.07 Å². The molecule has 1 aromatic heterocycles. The number of nitrogens with one attached hydrogen (secondary N) is 1. The van der Waals surface area contributed by atoms with E-state index in [9.17, 15) is 0 Å². The van der Waals surface area contributed by atoms with Crippen molar-refractivity contribution in [2.24, 2.45) is 5.73 Å². The molecule has 1 aromatic rings. The summed E-state index contributed by atoms with van der Waals surface area (Å²) in [5.74, 6) is 0.929. The zero-order chi connectivity index (χ0) is 8.55. The summed E-state index contributed by atoms with van der Waals surface area (Å²) in [7, 11) is 0. The van der Waals surface area contributed by atoms with Crippen LogP contribution in [0, 0.1) is 6.92 Å². The summed E-state index contributed by atoms with van der Waals surface area (Å²) in [6.45, 7) is 2.03. The first-order chi connectivity index (χ1) is 5.75. The van der Waals surface area contributed by atoms with Gasteiger partial charge in [0, 0.05) is 18.3 Å². The van der Waals surface area contributed by atoms with E-state index < -0.39 is 0 Å². The number of nitrogens with two attached hydrogens (primary N) is 1. The first-order valence-corrected chi connectivity index (χ1v) is 4.20. The molecule has 3 N–H and O–H groups in total. The molecule has 0 aliphatic heterocycles. The lowest BCUT2D eigenvalue weighted by atomic mass is 10.3. The third-order valence-electron chi connectivity index (χ3n) is 2.08. The predicted octanol–water partition coefficient (Wildman–Crippen LogP) is 0.902. The topological polar surface area (TPSA) is 50.9 Å².